The summed E-state index contributed by atoms with van der Waals surface area (Å²) in [7, 11) is -3.09. The lowest BCUT2D eigenvalue weighted by molar-refractivity contribution is 0.0695. The maximum absolute atomic E-state index is 13.3. The number of rotatable bonds is 5. The van der Waals surface area contributed by atoms with Crippen LogP contribution in [0.5, 0.6) is 0 Å². The molecule has 1 aliphatic carbocycles. The molecule has 166 valence electrons. The van der Waals surface area contributed by atoms with E-state index in [1.54, 1.807) is 12.3 Å². The number of carbonyl (C=O) groups is 1. The molecule has 1 unspecified atom stereocenters. The van der Waals surface area contributed by atoms with Crippen LogP contribution in [0.2, 0.25) is 0 Å². The van der Waals surface area contributed by atoms with Gasteiger partial charge < -0.3 is 9.88 Å². The zero-order chi connectivity index (χ0) is 22.8. The standard InChI is InChI=1S/C24H27N5O2S/c1-13-14(2)28-23(27-13)20-10-17(7-8-26-20)18-9-19-12-29(15(3)16-5-6-16)24(30)22(19)21(11-18)32(4,25)31/h7-11,15-16,25H,5-6,12H2,1-4H3,(H,27,28)/t15-,32?/m0/s1. The van der Waals surface area contributed by atoms with Crippen molar-refractivity contribution in [3.63, 3.8) is 0 Å². The molecular weight excluding hydrogens is 422 g/mol. The molecule has 1 saturated carbocycles. The molecule has 8 heteroatoms. The minimum absolute atomic E-state index is 0.0975. The quantitative estimate of drug-likeness (QED) is 0.597. The minimum atomic E-state index is -3.09. The van der Waals surface area contributed by atoms with E-state index in [4.69, 9.17) is 4.78 Å². The van der Waals surface area contributed by atoms with Crippen molar-refractivity contribution in [2.24, 2.45) is 5.92 Å². The van der Waals surface area contributed by atoms with Crippen molar-refractivity contribution in [2.45, 2.75) is 51.1 Å². The minimum Gasteiger partial charge on any atom is -0.341 e. The van der Waals surface area contributed by atoms with Gasteiger partial charge in [-0.1, -0.05) is 0 Å². The highest BCUT2D eigenvalue weighted by Crippen LogP contribution is 2.41. The van der Waals surface area contributed by atoms with Crippen molar-refractivity contribution in [1.82, 2.24) is 19.9 Å². The number of aryl methyl sites for hydroxylation is 2. The molecule has 1 aromatic carbocycles. The molecule has 3 heterocycles. The second-order valence-corrected chi connectivity index (χ2v) is 11.2. The number of aromatic nitrogens is 3. The third-order valence-electron chi connectivity index (χ3n) is 6.68. The molecule has 7 nitrogen and oxygen atoms in total. The van der Waals surface area contributed by atoms with Crippen LogP contribution in [0.25, 0.3) is 22.6 Å². The van der Waals surface area contributed by atoms with Crippen LogP contribution in [0, 0.1) is 24.5 Å². The van der Waals surface area contributed by atoms with Gasteiger partial charge in [-0.15, -0.1) is 0 Å². The fourth-order valence-electron chi connectivity index (χ4n) is 4.48. The van der Waals surface area contributed by atoms with Gasteiger partial charge in [0.1, 0.15) is 5.69 Å². The average Bonchev–Trinajstić information content (AvgIpc) is 3.48. The summed E-state index contributed by atoms with van der Waals surface area (Å²) in [6, 6.07) is 7.73. The van der Waals surface area contributed by atoms with E-state index in [1.807, 2.05) is 36.9 Å². The van der Waals surface area contributed by atoms with Gasteiger partial charge in [-0.3, -0.25) is 9.78 Å². The molecule has 1 amide bonds. The third-order valence-corrected chi connectivity index (χ3v) is 7.84. The van der Waals surface area contributed by atoms with Crippen molar-refractivity contribution in [3.8, 4) is 22.6 Å². The molecule has 2 aromatic heterocycles. The van der Waals surface area contributed by atoms with Crippen LogP contribution in [0.1, 0.15) is 47.1 Å². The first-order valence-corrected chi connectivity index (χ1v) is 12.8. The maximum Gasteiger partial charge on any atom is 0.256 e. The Balaban J connectivity index is 1.61. The van der Waals surface area contributed by atoms with E-state index in [1.165, 1.54) is 6.26 Å². The molecule has 2 N–H and O–H groups in total. The van der Waals surface area contributed by atoms with Gasteiger partial charge in [0.05, 0.1) is 25.9 Å². The molecule has 0 spiro atoms. The summed E-state index contributed by atoms with van der Waals surface area (Å²) in [5.74, 6) is 1.14. The van der Waals surface area contributed by atoms with Crippen molar-refractivity contribution >= 4 is 15.6 Å². The molecule has 2 atom stereocenters. The second-order valence-electron chi connectivity index (χ2n) is 9.09. The Morgan fingerprint density at radius 2 is 1.97 bits per heavy atom. The molecule has 1 fully saturated rings. The van der Waals surface area contributed by atoms with Gasteiger partial charge in [-0.2, -0.15) is 0 Å². The Labute approximate surface area is 188 Å². The molecule has 5 rings (SSSR count). The number of aromatic amines is 1. The molecule has 1 aliphatic heterocycles. The van der Waals surface area contributed by atoms with Gasteiger partial charge in [-0.05, 0) is 80.5 Å². The first-order chi connectivity index (χ1) is 15.1. The van der Waals surface area contributed by atoms with Crippen LogP contribution < -0.4 is 0 Å². The highest BCUT2D eigenvalue weighted by atomic mass is 32.2. The lowest BCUT2D eigenvalue weighted by Crippen LogP contribution is -2.35. The Morgan fingerprint density at radius 1 is 1.22 bits per heavy atom. The van der Waals surface area contributed by atoms with Crippen LogP contribution >= 0.6 is 0 Å². The van der Waals surface area contributed by atoms with Crippen molar-refractivity contribution in [2.75, 3.05) is 6.26 Å². The number of H-pyrrole nitrogens is 1. The molecule has 0 saturated heterocycles. The first kappa shape index (κ1) is 20.9. The molecule has 0 radical (unpaired) electrons. The summed E-state index contributed by atoms with van der Waals surface area (Å²) in [4.78, 5) is 27.7. The van der Waals surface area contributed by atoms with Crippen LogP contribution in [0.15, 0.2) is 35.4 Å². The van der Waals surface area contributed by atoms with Gasteiger partial charge in [0.25, 0.3) is 5.91 Å². The Bertz CT molecular complexity index is 1340. The largest absolute Gasteiger partial charge is 0.341 e. The average molecular weight is 450 g/mol. The van der Waals surface area contributed by atoms with Gasteiger partial charge in [-0.25, -0.2) is 14.0 Å². The van der Waals surface area contributed by atoms with E-state index in [0.29, 0.717) is 34.4 Å². The lowest BCUT2D eigenvalue weighted by atomic mass is 10.0. The van der Waals surface area contributed by atoms with Gasteiger partial charge in [0.2, 0.25) is 0 Å². The van der Waals surface area contributed by atoms with Crippen LogP contribution in [0.3, 0.4) is 0 Å². The Hall–Kier alpha value is -3.00. The molecule has 3 aromatic rings. The number of imidazole rings is 1. The SMILES string of the molecule is Cc1nc(-c2cc(-c3cc4c(c(S(C)(=N)=O)c3)C(=O)N([C@@H](C)C3CC3)C4)ccn2)[nH]c1C. The molecule has 2 aliphatic rings. The highest BCUT2D eigenvalue weighted by Gasteiger charge is 2.40. The number of nitrogens with zero attached hydrogens (tertiary/aromatic N) is 3. The number of hydrogen-bond donors (Lipinski definition) is 2. The fraction of sp³-hybridized carbons (Fsp3) is 0.375. The highest BCUT2D eigenvalue weighted by molar-refractivity contribution is 7.91. The monoisotopic (exact) mass is 449 g/mol. The number of amides is 1. The molecular formula is C24H27N5O2S. The van der Waals surface area contributed by atoms with Gasteiger partial charge in [0, 0.05) is 30.7 Å². The zero-order valence-electron chi connectivity index (χ0n) is 18.7. The Morgan fingerprint density at radius 3 is 2.59 bits per heavy atom. The van der Waals surface area contributed by atoms with Crippen LogP contribution in [0.4, 0.5) is 0 Å². The van der Waals surface area contributed by atoms with Crippen molar-refractivity contribution in [1.29, 1.82) is 4.78 Å². The smallest absolute Gasteiger partial charge is 0.256 e. The number of hydrogen-bond acceptors (Lipinski definition) is 5. The van der Waals surface area contributed by atoms with Crippen LogP contribution in [-0.4, -0.2) is 42.3 Å². The van der Waals surface area contributed by atoms with Crippen LogP contribution in [-0.2, 0) is 16.3 Å². The zero-order valence-corrected chi connectivity index (χ0v) is 19.5. The number of benzene rings is 1. The molecule has 0 bridgehead atoms. The first-order valence-electron chi connectivity index (χ1n) is 10.8. The fourth-order valence-corrected chi connectivity index (χ4v) is 5.44. The number of nitrogens with one attached hydrogen (secondary N) is 2. The molecule has 32 heavy (non-hydrogen) atoms. The van der Waals surface area contributed by atoms with Crippen molar-refractivity contribution in [3.05, 3.63) is 53.0 Å². The summed E-state index contributed by atoms with van der Waals surface area (Å²) in [6.07, 6.45) is 5.40. The van der Waals surface area contributed by atoms with E-state index in [9.17, 15) is 9.00 Å². The van der Waals surface area contributed by atoms with Crippen molar-refractivity contribution < 1.29 is 9.00 Å². The normalized spacial score (nSPS) is 18.5. The summed E-state index contributed by atoms with van der Waals surface area (Å²) in [6.45, 7) is 6.51. The predicted octanol–water partition coefficient (Wildman–Crippen LogP) is 4.55. The van der Waals surface area contributed by atoms with E-state index in [0.717, 1.165) is 40.9 Å². The third kappa shape index (κ3) is 3.52. The second kappa shape index (κ2) is 7.27. The number of fused-ring (bicyclic) bond motifs is 1. The Kier molecular flexibility index (Phi) is 4.74. The number of carbonyl (C=O) groups excluding carboxylic acids is 1. The number of pyridine rings is 1. The van der Waals surface area contributed by atoms with E-state index in [2.05, 4.69) is 21.9 Å². The van der Waals surface area contributed by atoms with Gasteiger partial charge >= 0.3 is 0 Å². The van der Waals surface area contributed by atoms with E-state index in [-0.39, 0.29) is 11.9 Å². The van der Waals surface area contributed by atoms with E-state index < -0.39 is 9.73 Å². The summed E-state index contributed by atoms with van der Waals surface area (Å²) in [5, 5.41) is 0. The predicted molar refractivity (Wildman–Crippen MR) is 124 cm³/mol. The summed E-state index contributed by atoms with van der Waals surface area (Å²) < 4.78 is 21.2. The lowest BCUT2D eigenvalue weighted by Gasteiger charge is -2.24. The van der Waals surface area contributed by atoms with E-state index >= 15 is 0 Å². The summed E-state index contributed by atoms with van der Waals surface area (Å²) >= 11 is 0. The maximum atomic E-state index is 13.3. The van der Waals surface area contributed by atoms with Gasteiger partial charge in [0.15, 0.2) is 5.82 Å². The summed E-state index contributed by atoms with van der Waals surface area (Å²) in [5.41, 5.74) is 5.65. The topological polar surface area (TPSA) is 103 Å².